The molecule has 0 atom stereocenters. The molecule has 0 unspecified atom stereocenters. The SMILES string of the molecule is CCCS(=O)(=O)N1CCN(C(=O)c2cn[nH]c2C)CC1. The lowest BCUT2D eigenvalue weighted by Crippen LogP contribution is -2.51. The van der Waals surface area contributed by atoms with E-state index in [-0.39, 0.29) is 11.7 Å². The lowest BCUT2D eigenvalue weighted by Gasteiger charge is -2.33. The number of sulfonamides is 1. The van der Waals surface area contributed by atoms with Gasteiger partial charge in [-0.25, -0.2) is 8.42 Å². The predicted molar refractivity (Wildman–Crippen MR) is 74.9 cm³/mol. The number of H-pyrrole nitrogens is 1. The minimum Gasteiger partial charge on any atom is -0.336 e. The molecule has 0 bridgehead atoms. The molecule has 2 rings (SSSR count). The molecule has 20 heavy (non-hydrogen) atoms. The lowest BCUT2D eigenvalue weighted by molar-refractivity contribution is 0.0697. The Morgan fingerprint density at radius 2 is 2.00 bits per heavy atom. The highest BCUT2D eigenvalue weighted by molar-refractivity contribution is 7.89. The number of carbonyl (C=O) groups excluding carboxylic acids is 1. The van der Waals surface area contributed by atoms with Crippen molar-refractivity contribution in [3.8, 4) is 0 Å². The first kappa shape index (κ1) is 15.0. The van der Waals surface area contributed by atoms with Crippen LogP contribution in [0.1, 0.15) is 29.4 Å². The second-order valence-electron chi connectivity index (χ2n) is 4.92. The zero-order valence-electron chi connectivity index (χ0n) is 11.8. The molecule has 1 fully saturated rings. The summed E-state index contributed by atoms with van der Waals surface area (Å²) in [5, 5.41) is 6.57. The van der Waals surface area contributed by atoms with Gasteiger partial charge in [-0.2, -0.15) is 9.40 Å². The molecule has 1 aromatic heterocycles. The second-order valence-corrected chi connectivity index (χ2v) is 7.00. The van der Waals surface area contributed by atoms with E-state index in [1.807, 2.05) is 6.92 Å². The van der Waals surface area contributed by atoms with Crippen LogP contribution in [0.4, 0.5) is 0 Å². The monoisotopic (exact) mass is 300 g/mol. The number of carbonyl (C=O) groups is 1. The molecule has 0 radical (unpaired) electrons. The number of hydrogen-bond donors (Lipinski definition) is 1. The maximum Gasteiger partial charge on any atom is 0.257 e. The molecule has 1 N–H and O–H groups in total. The van der Waals surface area contributed by atoms with Crippen molar-refractivity contribution in [3.05, 3.63) is 17.5 Å². The summed E-state index contributed by atoms with van der Waals surface area (Å²) in [6.45, 7) is 5.22. The highest BCUT2D eigenvalue weighted by atomic mass is 32.2. The van der Waals surface area contributed by atoms with Crippen molar-refractivity contribution in [2.75, 3.05) is 31.9 Å². The molecular weight excluding hydrogens is 280 g/mol. The van der Waals surface area contributed by atoms with Crippen molar-refractivity contribution in [1.29, 1.82) is 0 Å². The van der Waals surface area contributed by atoms with Crippen molar-refractivity contribution < 1.29 is 13.2 Å². The Labute approximate surface area is 119 Å². The van der Waals surface area contributed by atoms with Gasteiger partial charge in [-0.05, 0) is 13.3 Å². The topological polar surface area (TPSA) is 86.4 Å². The van der Waals surface area contributed by atoms with Crippen molar-refractivity contribution in [1.82, 2.24) is 19.4 Å². The summed E-state index contributed by atoms with van der Waals surface area (Å²) < 4.78 is 25.4. The van der Waals surface area contributed by atoms with Gasteiger partial charge in [0.2, 0.25) is 10.0 Å². The van der Waals surface area contributed by atoms with Crippen LogP contribution in [0.3, 0.4) is 0 Å². The summed E-state index contributed by atoms with van der Waals surface area (Å²) in [7, 11) is -3.17. The molecule has 0 spiro atoms. The number of nitrogens with zero attached hydrogens (tertiary/aromatic N) is 3. The first-order valence-corrected chi connectivity index (χ1v) is 8.33. The molecule has 1 aliphatic rings. The van der Waals surface area contributed by atoms with Crippen LogP contribution in [0.25, 0.3) is 0 Å². The van der Waals surface area contributed by atoms with Gasteiger partial charge in [-0.3, -0.25) is 9.89 Å². The normalized spacial score (nSPS) is 17.4. The Balaban J connectivity index is 1.98. The van der Waals surface area contributed by atoms with Crippen molar-refractivity contribution >= 4 is 15.9 Å². The zero-order chi connectivity index (χ0) is 14.8. The minimum atomic E-state index is -3.17. The third-order valence-corrected chi connectivity index (χ3v) is 5.52. The molecule has 0 aliphatic carbocycles. The summed E-state index contributed by atoms with van der Waals surface area (Å²) in [5.74, 6) is 0.0747. The van der Waals surface area contributed by atoms with Crippen LogP contribution in [-0.2, 0) is 10.0 Å². The number of aryl methyl sites for hydroxylation is 1. The van der Waals surface area contributed by atoms with Gasteiger partial charge in [0.1, 0.15) is 0 Å². The number of amides is 1. The van der Waals surface area contributed by atoms with E-state index in [4.69, 9.17) is 0 Å². The number of piperazine rings is 1. The minimum absolute atomic E-state index is 0.0937. The van der Waals surface area contributed by atoms with Crippen LogP contribution in [-0.4, -0.2) is 65.7 Å². The maximum atomic E-state index is 12.3. The van der Waals surface area contributed by atoms with Gasteiger partial charge in [-0.15, -0.1) is 0 Å². The predicted octanol–water partition coefficient (Wildman–Crippen LogP) is 0.216. The van der Waals surface area contributed by atoms with E-state index in [0.29, 0.717) is 38.2 Å². The van der Waals surface area contributed by atoms with Gasteiger partial charge in [0.05, 0.1) is 17.5 Å². The maximum absolute atomic E-state index is 12.3. The Morgan fingerprint density at radius 1 is 1.35 bits per heavy atom. The third kappa shape index (κ3) is 3.01. The molecule has 1 aliphatic heterocycles. The standard InChI is InChI=1S/C12H20N4O3S/c1-3-8-20(18,19)16-6-4-15(5-7-16)12(17)11-9-13-14-10(11)2/h9H,3-8H2,1-2H3,(H,13,14). The molecule has 1 aromatic rings. The second kappa shape index (κ2) is 5.92. The highest BCUT2D eigenvalue weighted by Gasteiger charge is 2.29. The average molecular weight is 300 g/mol. The molecular formula is C12H20N4O3S. The van der Waals surface area contributed by atoms with E-state index >= 15 is 0 Å². The van der Waals surface area contributed by atoms with E-state index in [1.165, 1.54) is 10.5 Å². The fourth-order valence-corrected chi connectivity index (χ4v) is 3.79. The number of aromatic nitrogens is 2. The van der Waals surface area contributed by atoms with Crippen LogP contribution < -0.4 is 0 Å². The van der Waals surface area contributed by atoms with Crippen molar-refractivity contribution in [3.63, 3.8) is 0 Å². The highest BCUT2D eigenvalue weighted by Crippen LogP contribution is 2.13. The van der Waals surface area contributed by atoms with Gasteiger partial charge in [0.15, 0.2) is 0 Å². The Kier molecular flexibility index (Phi) is 4.44. The zero-order valence-corrected chi connectivity index (χ0v) is 12.6. The largest absolute Gasteiger partial charge is 0.336 e. The first-order valence-electron chi connectivity index (χ1n) is 6.72. The van der Waals surface area contributed by atoms with Crippen LogP contribution in [0, 0.1) is 6.92 Å². The third-order valence-electron chi connectivity index (χ3n) is 3.44. The fourth-order valence-electron chi connectivity index (χ4n) is 2.29. The number of hydrogen-bond acceptors (Lipinski definition) is 4. The Morgan fingerprint density at radius 3 is 2.50 bits per heavy atom. The molecule has 1 amide bonds. The molecule has 8 heteroatoms. The van der Waals surface area contributed by atoms with Crippen molar-refractivity contribution in [2.45, 2.75) is 20.3 Å². The molecule has 7 nitrogen and oxygen atoms in total. The summed E-state index contributed by atoms with van der Waals surface area (Å²) in [6, 6.07) is 0. The molecule has 112 valence electrons. The molecule has 2 heterocycles. The van der Waals surface area contributed by atoms with Crippen LogP contribution in [0.2, 0.25) is 0 Å². The van der Waals surface area contributed by atoms with E-state index in [9.17, 15) is 13.2 Å². The Hall–Kier alpha value is -1.41. The number of nitrogens with one attached hydrogen (secondary N) is 1. The number of aromatic amines is 1. The van der Waals surface area contributed by atoms with Crippen LogP contribution in [0.5, 0.6) is 0 Å². The van der Waals surface area contributed by atoms with E-state index in [1.54, 1.807) is 11.8 Å². The Bertz CT molecular complexity index is 573. The van der Waals surface area contributed by atoms with E-state index in [2.05, 4.69) is 10.2 Å². The quantitative estimate of drug-likeness (QED) is 0.861. The van der Waals surface area contributed by atoms with Crippen LogP contribution in [0.15, 0.2) is 6.20 Å². The number of rotatable bonds is 4. The van der Waals surface area contributed by atoms with Crippen LogP contribution >= 0.6 is 0 Å². The lowest BCUT2D eigenvalue weighted by atomic mass is 10.2. The fraction of sp³-hybridized carbons (Fsp3) is 0.667. The molecule has 0 aromatic carbocycles. The van der Waals surface area contributed by atoms with Gasteiger partial charge in [-0.1, -0.05) is 6.92 Å². The summed E-state index contributed by atoms with van der Waals surface area (Å²) >= 11 is 0. The van der Waals surface area contributed by atoms with Gasteiger partial charge < -0.3 is 4.90 Å². The average Bonchev–Trinajstić information content (AvgIpc) is 2.84. The summed E-state index contributed by atoms with van der Waals surface area (Å²) in [4.78, 5) is 13.9. The van der Waals surface area contributed by atoms with Gasteiger partial charge in [0.25, 0.3) is 5.91 Å². The summed E-state index contributed by atoms with van der Waals surface area (Å²) in [5.41, 5.74) is 1.28. The van der Waals surface area contributed by atoms with Gasteiger partial charge >= 0.3 is 0 Å². The van der Waals surface area contributed by atoms with E-state index in [0.717, 1.165) is 5.69 Å². The first-order chi connectivity index (χ1) is 9.45. The van der Waals surface area contributed by atoms with Gasteiger partial charge in [0, 0.05) is 31.9 Å². The summed E-state index contributed by atoms with van der Waals surface area (Å²) in [6.07, 6.45) is 2.12. The molecule has 1 saturated heterocycles. The smallest absolute Gasteiger partial charge is 0.257 e. The van der Waals surface area contributed by atoms with E-state index < -0.39 is 10.0 Å². The van der Waals surface area contributed by atoms with Crippen molar-refractivity contribution in [2.24, 2.45) is 0 Å². The molecule has 0 saturated carbocycles.